The average Bonchev–Trinajstić information content (AvgIpc) is 2.72. The topological polar surface area (TPSA) is 73.5 Å². The largest absolute Gasteiger partial charge is 0.345 e. The number of hydrogen-bond donors (Lipinski definition) is 1. The fourth-order valence-corrected chi connectivity index (χ4v) is 4.68. The molecule has 2 aromatic rings. The molecule has 0 bridgehead atoms. The highest BCUT2D eigenvalue weighted by Crippen LogP contribution is 2.45. The first-order valence-electron chi connectivity index (χ1n) is 9.76. The summed E-state index contributed by atoms with van der Waals surface area (Å²) >= 11 is 0. The first kappa shape index (κ1) is 18.5. The summed E-state index contributed by atoms with van der Waals surface area (Å²) in [6.07, 6.45) is 4.02. The summed E-state index contributed by atoms with van der Waals surface area (Å²) < 4.78 is 0. The Bertz CT molecular complexity index is 929. The molecule has 0 saturated carbocycles. The van der Waals surface area contributed by atoms with Gasteiger partial charge in [-0.2, -0.15) is 0 Å². The van der Waals surface area contributed by atoms with E-state index >= 15 is 0 Å². The lowest BCUT2D eigenvalue weighted by molar-refractivity contribution is -0.139. The molecule has 3 heterocycles. The van der Waals surface area contributed by atoms with Crippen LogP contribution in [-0.4, -0.2) is 53.3 Å². The molecular weight excluding hydrogens is 354 g/mol. The zero-order valence-corrected chi connectivity index (χ0v) is 16.1. The van der Waals surface area contributed by atoms with Crippen molar-refractivity contribution in [3.8, 4) is 0 Å². The van der Waals surface area contributed by atoms with Crippen molar-refractivity contribution in [3.05, 3.63) is 70.1 Å². The number of aromatic amines is 1. The first-order chi connectivity index (χ1) is 13.5. The van der Waals surface area contributed by atoms with Gasteiger partial charge in [0.1, 0.15) is 5.56 Å². The van der Waals surface area contributed by atoms with E-state index in [1.807, 2.05) is 42.3 Å². The van der Waals surface area contributed by atoms with Gasteiger partial charge < -0.3 is 14.8 Å². The minimum absolute atomic E-state index is 0.0169. The van der Waals surface area contributed by atoms with Crippen molar-refractivity contribution in [1.82, 2.24) is 14.8 Å². The lowest BCUT2D eigenvalue weighted by Gasteiger charge is -2.49. The number of benzene rings is 1. The molecule has 1 N–H and O–H groups in total. The molecule has 28 heavy (non-hydrogen) atoms. The van der Waals surface area contributed by atoms with Crippen LogP contribution in [0.5, 0.6) is 0 Å². The zero-order chi connectivity index (χ0) is 19.7. The molecule has 6 heteroatoms. The van der Waals surface area contributed by atoms with Gasteiger partial charge in [-0.25, -0.2) is 0 Å². The molecule has 2 saturated heterocycles. The third-order valence-corrected chi connectivity index (χ3v) is 6.25. The summed E-state index contributed by atoms with van der Waals surface area (Å²) in [5.41, 5.74) is 0.924. The standard InChI is InChI=1S/C22H25N3O3/c1-24-15-22(14-18(20(24)27)16-6-3-2-4-7-16)9-12-25(13-10-22)21(28)17-8-5-11-23-19(17)26/h2-8,11,18H,9-10,12-15H2,1H3,(H,23,26). The Morgan fingerprint density at radius 1 is 1.07 bits per heavy atom. The highest BCUT2D eigenvalue weighted by atomic mass is 16.2. The van der Waals surface area contributed by atoms with E-state index in [0.717, 1.165) is 31.4 Å². The number of amides is 2. The van der Waals surface area contributed by atoms with E-state index < -0.39 is 0 Å². The van der Waals surface area contributed by atoms with Crippen LogP contribution in [0.3, 0.4) is 0 Å². The van der Waals surface area contributed by atoms with Gasteiger partial charge in [0.05, 0.1) is 5.92 Å². The third-order valence-electron chi connectivity index (χ3n) is 6.25. The van der Waals surface area contributed by atoms with E-state index in [2.05, 4.69) is 4.98 Å². The Hall–Kier alpha value is -2.89. The molecule has 6 nitrogen and oxygen atoms in total. The number of nitrogens with one attached hydrogen (secondary N) is 1. The first-order valence-corrected chi connectivity index (χ1v) is 9.76. The number of aromatic nitrogens is 1. The average molecular weight is 379 g/mol. The Morgan fingerprint density at radius 3 is 2.46 bits per heavy atom. The summed E-state index contributed by atoms with van der Waals surface area (Å²) in [4.78, 5) is 43.6. The van der Waals surface area contributed by atoms with Gasteiger partial charge in [-0.05, 0) is 42.4 Å². The lowest BCUT2D eigenvalue weighted by Crippen LogP contribution is -2.53. The van der Waals surface area contributed by atoms with E-state index in [1.165, 1.54) is 6.20 Å². The summed E-state index contributed by atoms with van der Waals surface area (Å²) in [5.74, 6) is -0.165. The summed E-state index contributed by atoms with van der Waals surface area (Å²) in [7, 11) is 1.88. The molecule has 4 rings (SSSR count). The molecular formula is C22H25N3O3. The van der Waals surface area contributed by atoms with Crippen molar-refractivity contribution in [2.24, 2.45) is 5.41 Å². The van der Waals surface area contributed by atoms with Gasteiger partial charge in [0.15, 0.2) is 0 Å². The van der Waals surface area contributed by atoms with Crippen LogP contribution >= 0.6 is 0 Å². The van der Waals surface area contributed by atoms with Crippen LogP contribution < -0.4 is 5.56 Å². The maximum absolute atomic E-state index is 12.8. The SMILES string of the molecule is CN1CC2(CCN(C(=O)c3ccc[nH]c3=O)CC2)CC(c2ccccc2)C1=O. The van der Waals surface area contributed by atoms with Gasteiger partial charge in [0.2, 0.25) is 5.91 Å². The Labute approximate surface area is 164 Å². The number of rotatable bonds is 2. The molecule has 2 amide bonds. The molecule has 1 aromatic heterocycles. The number of pyridine rings is 1. The molecule has 2 fully saturated rings. The number of hydrogen-bond acceptors (Lipinski definition) is 3. The summed E-state index contributed by atoms with van der Waals surface area (Å²) in [6.45, 7) is 1.94. The van der Waals surface area contributed by atoms with Crippen LogP contribution in [0.2, 0.25) is 0 Å². The predicted molar refractivity (Wildman–Crippen MR) is 106 cm³/mol. The lowest BCUT2D eigenvalue weighted by atomic mass is 9.67. The van der Waals surface area contributed by atoms with Gasteiger partial charge >= 0.3 is 0 Å². The van der Waals surface area contributed by atoms with Crippen molar-refractivity contribution >= 4 is 11.8 Å². The molecule has 1 aromatic carbocycles. The number of likely N-dealkylation sites (N-methyl/N-ethyl adjacent to an activating group) is 1. The predicted octanol–water partition coefficient (Wildman–Crippen LogP) is 2.24. The van der Waals surface area contributed by atoms with E-state index in [0.29, 0.717) is 13.1 Å². The second-order valence-corrected chi connectivity index (χ2v) is 8.07. The number of carbonyl (C=O) groups is 2. The van der Waals surface area contributed by atoms with Gasteiger partial charge in [-0.3, -0.25) is 14.4 Å². The van der Waals surface area contributed by atoms with Gasteiger partial charge in [0, 0.05) is 32.9 Å². The number of likely N-dealkylation sites (tertiary alicyclic amines) is 2. The molecule has 0 aliphatic carbocycles. The maximum atomic E-state index is 12.8. The van der Waals surface area contributed by atoms with E-state index in [-0.39, 0.29) is 34.3 Å². The summed E-state index contributed by atoms with van der Waals surface area (Å²) in [6, 6.07) is 13.2. The third kappa shape index (κ3) is 3.35. The van der Waals surface area contributed by atoms with Crippen LogP contribution in [0.4, 0.5) is 0 Å². The fourth-order valence-electron chi connectivity index (χ4n) is 4.68. The molecule has 1 unspecified atom stereocenters. The van der Waals surface area contributed by atoms with Crippen LogP contribution in [0.15, 0.2) is 53.5 Å². The van der Waals surface area contributed by atoms with Crippen molar-refractivity contribution in [2.75, 3.05) is 26.7 Å². The van der Waals surface area contributed by atoms with Crippen molar-refractivity contribution in [2.45, 2.75) is 25.2 Å². The van der Waals surface area contributed by atoms with Gasteiger partial charge in [-0.15, -0.1) is 0 Å². The fraction of sp³-hybridized carbons (Fsp3) is 0.409. The van der Waals surface area contributed by atoms with Crippen LogP contribution in [0, 0.1) is 5.41 Å². The van der Waals surface area contributed by atoms with Crippen LogP contribution in [-0.2, 0) is 4.79 Å². The molecule has 0 radical (unpaired) electrons. The van der Waals surface area contributed by atoms with Gasteiger partial charge in [0.25, 0.3) is 11.5 Å². The maximum Gasteiger partial charge on any atom is 0.260 e. The highest BCUT2D eigenvalue weighted by Gasteiger charge is 2.45. The normalized spacial score (nSPS) is 21.8. The molecule has 2 aliphatic heterocycles. The summed E-state index contributed by atoms with van der Waals surface area (Å²) in [5, 5.41) is 0. The molecule has 2 aliphatic rings. The molecule has 1 atom stereocenters. The van der Waals surface area contributed by atoms with E-state index in [4.69, 9.17) is 0 Å². The zero-order valence-electron chi connectivity index (χ0n) is 16.1. The molecule has 1 spiro atoms. The number of H-pyrrole nitrogens is 1. The second-order valence-electron chi connectivity index (χ2n) is 8.07. The smallest absolute Gasteiger partial charge is 0.260 e. The quantitative estimate of drug-likeness (QED) is 0.870. The van der Waals surface area contributed by atoms with Crippen molar-refractivity contribution < 1.29 is 9.59 Å². The van der Waals surface area contributed by atoms with Crippen molar-refractivity contribution in [3.63, 3.8) is 0 Å². The van der Waals surface area contributed by atoms with E-state index in [9.17, 15) is 14.4 Å². The Kier molecular flexibility index (Phi) is 4.79. The minimum atomic E-state index is -0.347. The van der Waals surface area contributed by atoms with Crippen LogP contribution in [0.25, 0.3) is 0 Å². The number of carbonyl (C=O) groups excluding carboxylic acids is 2. The van der Waals surface area contributed by atoms with E-state index in [1.54, 1.807) is 17.0 Å². The minimum Gasteiger partial charge on any atom is -0.345 e. The second kappa shape index (κ2) is 7.26. The van der Waals surface area contributed by atoms with Crippen LogP contribution in [0.1, 0.15) is 41.1 Å². The molecule has 146 valence electrons. The number of piperidine rings is 2. The van der Waals surface area contributed by atoms with Gasteiger partial charge in [-0.1, -0.05) is 30.3 Å². The monoisotopic (exact) mass is 379 g/mol. The Balaban J connectivity index is 1.50. The number of nitrogens with zero attached hydrogens (tertiary/aromatic N) is 2. The highest BCUT2D eigenvalue weighted by molar-refractivity contribution is 5.93. The Morgan fingerprint density at radius 2 is 1.79 bits per heavy atom. The van der Waals surface area contributed by atoms with Crippen molar-refractivity contribution in [1.29, 1.82) is 0 Å².